The molecule has 0 bridgehead atoms. The fourth-order valence-corrected chi connectivity index (χ4v) is 3.07. The molecule has 0 aromatic heterocycles. The third kappa shape index (κ3) is 4.40. The van der Waals surface area contributed by atoms with E-state index in [0.29, 0.717) is 17.1 Å². The standard InChI is InChI=1S/C22H16N4O5/c27-25(28)18-9-5-16(6-10-18)23-13-15-14-31-21-4-2-1-3-20(21)22(15)24-17-7-11-19(12-8-17)26(29)30/h1-13,24H,14H2. The Morgan fingerprint density at radius 3 is 2.13 bits per heavy atom. The topological polar surface area (TPSA) is 120 Å². The van der Waals surface area contributed by atoms with Gasteiger partial charge in [-0.15, -0.1) is 0 Å². The molecule has 4 rings (SSSR count). The SMILES string of the molecule is O=[N+]([O-])c1ccc(N=CC2=C(Nc3ccc([N+](=O)[O-])cc3)c3ccccc3OC2)cc1. The largest absolute Gasteiger partial charge is 0.488 e. The maximum atomic E-state index is 10.9. The molecule has 3 aromatic rings. The van der Waals surface area contributed by atoms with E-state index in [2.05, 4.69) is 10.3 Å². The minimum Gasteiger partial charge on any atom is -0.488 e. The third-order valence-corrected chi connectivity index (χ3v) is 4.64. The van der Waals surface area contributed by atoms with Gasteiger partial charge in [0.15, 0.2) is 0 Å². The van der Waals surface area contributed by atoms with Gasteiger partial charge in [-0.2, -0.15) is 0 Å². The second-order valence-electron chi connectivity index (χ2n) is 6.65. The van der Waals surface area contributed by atoms with Gasteiger partial charge in [-0.3, -0.25) is 25.2 Å². The van der Waals surface area contributed by atoms with Crippen LogP contribution in [0.4, 0.5) is 22.7 Å². The average molecular weight is 416 g/mol. The van der Waals surface area contributed by atoms with Crippen molar-refractivity contribution in [2.45, 2.75) is 0 Å². The summed E-state index contributed by atoms with van der Waals surface area (Å²) in [4.78, 5) is 25.2. The van der Waals surface area contributed by atoms with E-state index in [1.54, 1.807) is 30.5 Å². The van der Waals surface area contributed by atoms with Crippen molar-refractivity contribution in [3.8, 4) is 5.75 Å². The van der Waals surface area contributed by atoms with Crippen LogP contribution in [0.1, 0.15) is 5.56 Å². The van der Waals surface area contributed by atoms with Crippen LogP contribution in [0.3, 0.4) is 0 Å². The molecule has 1 N–H and O–H groups in total. The number of rotatable bonds is 6. The van der Waals surface area contributed by atoms with Gasteiger partial charge in [0.2, 0.25) is 0 Å². The van der Waals surface area contributed by atoms with Crippen LogP contribution in [-0.4, -0.2) is 22.7 Å². The van der Waals surface area contributed by atoms with Crippen molar-refractivity contribution in [3.63, 3.8) is 0 Å². The van der Waals surface area contributed by atoms with Crippen molar-refractivity contribution in [2.24, 2.45) is 4.99 Å². The quantitative estimate of drug-likeness (QED) is 0.338. The van der Waals surface area contributed by atoms with E-state index in [-0.39, 0.29) is 18.0 Å². The van der Waals surface area contributed by atoms with E-state index in [1.807, 2.05) is 24.3 Å². The van der Waals surface area contributed by atoms with Gasteiger partial charge in [0.25, 0.3) is 11.4 Å². The summed E-state index contributed by atoms with van der Waals surface area (Å²) in [5, 5.41) is 25.0. The summed E-state index contributed by atoms with van der Waals surface area (Å²) < 4.78 is 5.83. The lowest BCUT2D eigenvalue weighted by molar-refractivity contribution is -0.385. The zero-order chi connectivity index (χ0) is 21.8. The monoisotopic (exact) mass is 416 g/mol. The van der Waals surface area contributed by atoms with Crippen LogP contribution in [0, 0.1) is 20.2 Å². The molecular weight excluding hydrogens is 400 g/mol. The molecule has 1 heterocycles. The summed E-state index contributed by atoms with van der Waals surface area (Å²) in [7, 11) is 0. The molecule has 1 aliphatic heterocycles. The Morgan fingerprint density at radius 1 is 0.871 bits per heavy atom. The highest BCUT2D eigenvalue weighted by molar-refractivity contribution is 5.98. The van der Waals surface area contributed by atoms with Gasteiger partial charge in [0, 0.05) is 47.3 Å². The molecule has 0 unspecified atom stereocenters. The lowest BCUT2D eigenvalue weighted by Gasteiger charge is -2.23. The number of anilines is 1. The maximum Gasteiger partial charge on any atom is 0.269 e. The van der Waals surface area contributed by atoms with Crippen molar-refractivity contribution in [1.29, 1.82) is 0 Å². The Bertz CT molecular complexity index is 1200. The lowest BCUT2D eigenvalue weighted by atomic mass is 10.0. The first-order chi connectivity index (χ1) is 15.0. The smallest absolute Gasteiger partial charge is 0.269 e. The number of ether oxygens (including phenoxy) is 1. The number of aliphatic imine (C=N–C) groups is 1. The second-order valence-corrected chi connectivity index (χ2v) is 6.65. The molecule has 0 saturated heterocycles. The van der Waals surface area contributed by atoms with Gasteiger partial charge in [-0.05, 0) is 36.4 Å². The number of nitro groups is 2. The summed E-state index contributed by atoms with van der Waals surface area (Å²) >= 11 is 0. The Balaban J connectivity index is 1.68. The first-order valence-electron chi connectivity index (χ1n) is 9.26. The fourth-order valence-electron chi connectivity index (χ4n) is 3.07. The first kappa shape index (κ1) is 19.8. The number of benzene rings is 3. The summed E-state index contributed by atoms with van der Waals surface area (Å²) in [6.07, 6.45) is 1.64. The summed E-state index contributed by atoms with van der Waals surface area (Å²) in [5.74, 6) is 0.708. The van der Waals surface area contributed by atoms with Crippen molar-refractivity contribution in [3.05, 3.63) is 104 Å². The van der Waals surface area contributed by atoms with Crippen LogP contribution in [-0.2, 0) is 0 Å². The van der Waals surface area contributed by atoms with Crippen molar-refractivity contribution in [2.75, 3.05) is 11.9 Å². The van der Waals surface area contributed by atoms with Crippen LogP contribution in [0.5, 0.6) is 5.75 Å². The van der Waals surface area contributed by atoms with E-state index in [4.69, 9.17) is 4.74 Å². The number of fused-ring (bicyclic) bond motifs is 1. The average Bonchev–Trinajstić information content (AvgIpc) is 2.79. The highest BCUT2D eigenvalue weighted by Gasteiger charge is 2.19. The molecule has 0 aliphatic carbocycles. The minimum atomic E-state index is -0.464. The molecule has 0 fully saturated rings. The highest BCUT2D eigenvalue weighted by atomic mass is 16.6. The van der Waals surface area contributed by atoms with E-state index in [0.717, 1.165) is 16.8 Å². The summed E-state index contributed by atoms with van der Waals surface area (Å²) in [6, 6.07) is 19.6. The van der Waals surface area contributed by atoms with Gasteiger partial charge in [0.1, 0.15) is 12.4 Å². The van der Waals surface area contributed by atoms with E-state index < -0.39 is 9.85 Å². The van der Waals surface area contributed by atoms with Gasteiger partial charge in [0.05, 0.1) is 21.2 Å². The molecule has 9 nitrogen and oxygen atoms in total. The zero-order valence-corrected chi connectivity index (χ0v) is 16.1. The molecule has 0 spiro atoms. The fraction of sp³-hybridized carbons (Fsp3) is 0.0455. The molecule has 154 valence electrons. The summed E-state index contributed by atoms with van der Waals surface area (Å²) in [5.41, 5.74) is 3.60. The Hall–Kier alpha value is -4.53. The van der Waals surface area contributed by atoms with Crippen LogP contribution in [0.25, 0.3) is 5.70 Å². The Morgan fingerprint density at radius 2 is 1.48 bits per heavy atom. The van der Waals surface area contributed by atoms with Crippen LogP contribution < -0.4 is 10.1 Å². The van der Waals surface area contributed by atoms with Crippen molar-refractivity contribution in [1.82, 2.24) is 0 Å². The number of para-hydroxylation sites is 1. The van der Waals surface area contributed by atoms with Crippen molar-refractivity contribution < 1.29 is 14.6 Å². The highest BCUT2D eigenvalue weighted by Crippen LogP contribution is 2.33. The molecule has 3 aromatic carbocycles. The van der Waals surface area contributed by atoms with Crippen LogP contribution >= 0.6 is 0 Å². The number of hydrogen-bond donors (Lipinski definition) is 1. The van der Waals surface area contributed by atoms with Gasteiger partial charge in [-0.1, -0.05) is 12.1 Å². The predicted octanol–water partition coefficient (Wildman–Crippen LogP) is 5.12. The molecule has 0 radical (unpaired) electrons. The molecule has 0 saturated carbocycles. The van der Waals surface area contributed by atoms with Gasteiger partial charge in [-0.25, -0.2) is 0 Å². The Kier molecular flexibility index (Phi) is 5.39. The molecule has 0 amide bonds. The molecular formula is C22H16N4O5. The molecule has 1 aliphatic rings. The summed E-state index contributed by atoms with van der Waals surface area (Å²) in [6.45, 7) is 0.267. The van der Waals surface area contributed by atoms with E-state index in [9.17, 15) is 20.2 Å². The maximum absolute atomic E-state index is 10.9. The van der Waals surface area contributed by atoms with Crippen LogP contribution in [0.2, 0.25) is 0 Å². The molecule has 0 atom stereocenters. The zero-order valence-electron chi connectivity index (χ0n) is 16.1. The Labute approximate surface area is 176 Å². The third-order valence-electron chi connectivity index (χ3n) is 4.64. The van der Waals surface area contributed by atoms with Crippen molar-refractivity contribution >= 4 is 34.7 Å². The van der Waals surface area contributed by atoms with E-state index >= 15 is 0 Å². The van der Waals surface area contributed by atoms with E-state index in [1.165, 1.54) is 24.3 Å². The van der Waals surface area contributed by atoms with Gasteiger partial charge < -0.3 is 10.1 Å². The second kappa shape index (κ2) is 8.46. The number of hydrogen-bond acceptors (Lipinski definition) is 7. The number of nitrogens with one attached hydrogen (secondary N) is 1. The number of nitrogens with zero attached hydrogens (tertiary/aromatic N) is 3. The number of nitro benzene ring substituents is 2. The number of non-ortho nitro benzene ring substituents is 2. The molecule has 9 heteroatoms. The van der Waals surface area contributed by atoms with Crippen LogP contribution in [0.15, 0.2) is 83.4 Å². The molecule has 31 heavy (non-hydrogen) atoms. The minimum absolute atomic E-state index is 0.00591. The lowest BCUT2D eigenvalue weighted by Crippen LogP contribution is -2.16. The first-order valence-corrected chi connectivity index (χ1v) is 9.26. The normalized spacial score (nSPS) is 12.9. The van der Waals surface area contributed by atoms with Gasteiger partial charge >= 0.3 is 0 Å². The predicted molar refractivity (Wildman–Crippen MR) is 117 cm³/mol.